The molecule has 3 saturated carbocycles. The van der Waals surface area contributed by atoms with Gasteiger partial charge in [0.1, 0.15) is 0 Å². The van der Waals surface area contributed by atoms with Gasteiger partial charge in [-0.15, -0.1) is 0 Å². The highest BCUT2D eigenvalue weighted by molar-refractivity contribution is 5.25. The third-order valence-electron chi connectivity index (χ3n) is 8.66. The summed E-state index contributed by atoms with van der Waals surface area (Å²) in [6.45, 7) is 14.0. The van der Waals surface area contributed by atoms with E-state index in [1.807, 2.05) is 6.08 Å². The molecule has 0 heterocycles. The van der Waals surface area contributed by atoms with Gasteiger partial charge in [-0.2, -0.15) is 0 Å². The van der Waals surface area contributed by atoms with E-state index in [2.05, 4.69) is 40.3 Å². The van der Waals surface area contributed by atoms with Crippen molar-refractivity contribution in [2.45, 2.75) is 91.9 Å². The van der Waals surface area contributed by atoms with Crippen molar-refractivity contribution in [3.63, 3.8) is 0 Å². The SMILES string of the molecule is C=C/C=C1/CCC2C(CCC3(C)C(CCC)CCC23)C1(C)CCC. The molecule has 24 heavy (non-hydrogen) atoms. The molecular weight excluding hydrogens is 288 g/mol. The summed E-state index contributed by atoms with van der Waals surface area (Å²) in [6, 6.07) is 0. The molecule has 0 aromatic heterocycles. The van der Waals surface area contributed by atoms with Crippen LogP contribution >= 0.6 is 0 Å². The third kappa shape index (κ3) is 2.73. The van der Waals surface area contributed by atoms with Gasteiger partial charge in [-0.1, -0.05) is 71.3 Å². The molecule has 136 valence electrons. The number of hydrogen-bond donors (Lipinski definition) is 0. The van der Waals surface area contributed by atoms with E-state index in [0.717, 1.165) is 23.7 Å². The van der Waals surface area contributed by atoms with E-state index in [9.17, 15) is 0 Å². The van der Waals surface area contributed by atoms with Gasteiger partial charge < -0.3 is 0 Å². The Labute approximate surface area is 151 Å². The van der Waals surface area contributed by atoms with E-state index >= 15 is 0 Å². The average molecular weight is 329 g/mol. The van der Waals surface area contributed by atoms with Gasteiger partial charge in [0.25, 0.3) is 0 Å². The van der Waals surface area contributed by atoms with Crippen LogP contribution in [0.3, 0.4) is 0 Å². The fourth-order valence-corrected chi connectivity index (χ4v) is 7.54. The summed E-state index contributed by atoms with van der Waals surface area (Å²) < 4.78 is 0. The van der Waals surface area contributed by atoms with Crippen LogP contribution in [-0.4, -0.2) is 0 Å². The fraction of sp³-hybridized carbons (Fsp3) is 0.833. The van der Waals surface area contributed by atoms with Gasteiger partial charge in [-0.25, -0.2) is 0 Å². The first-order valence-corrected chi connectivity index (χ1v) is 10.8. The van der Waals surface area contributed by atoms with Crippen LogP contribution < -0.4 is 0 Å². The van der Waals surface area contributed by atoms with Crippen LogP contribution in [0.25, 0.3) is 0 Å². The maximum absolute atomic E-state index is 4.00. The monoisotopic (exact) mass is 328 g/mol. The van der Waals surface area contributed by atoms with Crippen molar-refractivity contribution in [1.29, 1.82) is 0 Å². The van der Waals surface area contributed by atoms with Crippen LogP contribution in [-0.2, 0) is 0 Å². The van der Waals surface area contributed by atoms with E-state index in [1.54, 1.807) is 5.57 Å². The quantitative estimate of drug-likeness (QED) is 0.488. The number of allylic oxidation sites excluding steroid dienone is 3. The molecule has 0 radical (unpaired) electrons. The lowest BCUT2D eigenvalue weighted by Crippen LogP contribution is -2.49. The van der Waals surface area contributed by atoms with E-state index < -0.39 is 0 Å². The molecule has 3 rings (SSSR count). The number of hydrogen-bond acceptors (Lipinski definition) is 0. The molecule has 0 aromatic carbocycles. The second-order valence-electron chi connectivity index (χ2n) is 9.62. The second kappa shape index (κ2) is 7.00. The minimum absolute atomic E-state index is 0.441. The molecule has 6 atom stereocenters. The molecule has 0 amide bonds. The van der Waals surface area contributed by atoms with Crippen molar-refractivity contribution in [2.75, 3.05) is 0 Å². The molecule has 6 unspecified atom stereocenters. The highest BCUT2D eigenvalue weighted by Crippen LogP contribution is 2.66. The summed E-state index contributed by atoms with van der Waals surface area (Å²) in [6.07, 6.45) is 18.7. The Morgan fingerprint density at radius 2 is 1.83 bits per heavy atom. The Balaban J connectivity index is 1.89. The highest BCUT2D eigenvalue weighted by Gasteiger charge is 2.57. The number of rotatable bonds is 5. The molecular formula is C24H40. The summed E-state index contributed by atoms with van der Waals surface area (Å²) in [5, 5.41) is 0. The smallest absolute Gasteiger partial charge is 0.00824 e. The van der Waals surface area contributed by atoms with Crippen molar-refractivity contribution < 1.29 is 0 Å². The Morgan fingerprint density at radius 1 is 1.04 bits per heavy atom. The molecule has 0 aromatic rings. The molecule has 0 saturated heterocycles. The molecule has 3 aliphatic carbocycles. The predicted octanol–water partition coefficient (Wildman–Crippen LogP) is 7.56. The Morgan fingerprint density at radius 3 is 2.50 bits per heavy atom. The molecule has 0 nitrogen and oxygen atoms in total. The molecule has 0 spiro atoms. The van der Waals surface area contributed by atoms with E-state index in [1.165, 1.54) is 64.2 Å². The van der Waals surface area contributed by atoms with Gasteiger partial charge in [0, 0.05) is 0 Å². The lowest BCUT2D eigenvalue weighted by Gasteiger charge is -2.57. The predicted molar refractivity (Wildman–Crippen MR) is 106 cm³/mol. The highest BCUT2D eigenvalue weighted by atomic mass is 14.6. The van der Waals surface area contributed by atoms with E-state index in [-0.39, 0.29) is 0 Å². The minimum atomic E-state index is 0.441. The zero-order chi connectivity index (χ0) is 17.4. The maximum Gasteiger partial charge on any atom is -0.00824 e. The summed E-state index contributed by atoms with van der Waals surface area (Å²) in [5.41, 5.74) is 2.81. The topological polar surface area (TPSA) is 0 Å². The Kier molecular flexibility index (Phi) is 5.33. The standard InChI is InChI=1S/C24H40/c1-6-9-18-11-13-20-21-14-12-19(10-7-2)24(21,5)17-15-22(20)23(18,4)16-8-3/h6,9,19-22H,1,7-8,10-17H2,2-5H3/b18-9-. The summed E-state index contributed by atoms with van der Waals surface area (Å²) in [7, 11) is 0. The lowest BCUT2D eigenvalue weighted by atomic mass is 9.47. The van der Waals surface area contributed by atoms with Crippen molar-refractivity contribution in [1.82, 2.24) is 0 Å². The van der Waals surface area contributed by atoms with Crippen LogP contribution in [0.5, 0.6) is 0 Å². The second-order valence-corrected chi connectivity index (χ2v) is 9.62. The average Bonchev–Trinajstić information content (AvgIpc) is 2.88. The first-order valence-electron chi connectivity index (χ1n) is 10.8. The molecule has 0 N–H and O–H groups in total. The number of fused-ring (bicyclic) bond motifs is 3. The van der Waals surface area contributed by atoms with Crippen LogP contribution in [0.2, 0.25) is 0 Å². The Hall–Kier alpha value is -0.520. The van der Waals surface area contributed by atoms with E-state index in [4.69, 9.17) is 0 Å². The molecule has 0 heteroatoms. The van der Waals surface area contributed by atoms with Crippen LogP contribution in [0.4, 0.5) is 0 Å². The maximum atomic E-state index is 4.00. The largest absolute Gasteiger partial charge is 0.0991 e. The molecule has 0 bridgehead atoms. The normalized spacial score (nSPS) is 46.6. The van der Waals surface area contributed by atoms with E-state index in [0.29, 0.717) is 10.8 Å². The molecule has 0 aliphatic heterocycles. The van der Waals surface area contributed by atoms with Crippen LogP contribution in [0.15, 0.2) is 24.3 Å². The van der Waals surface area contributed by atoms with Gasteiger partial charge >= 0.3 is 0 Å². The minimum Gasteiger partial charge on any atom is -0.0991 e. The zero-order valence-electron chi connectivity index (χ0n) is 16.7. The van der Waals surface area contributed by atoms with Crippen LogP contribution in [0, 0.1) is 34.5 Å². The molecule has 3 fully saturated rings. The van der Waals surface area contributed by atoms with Gasteiger partial charge in [-0.3, -0.25) is 0 Å². The Bertz CT molecular complexity index is 486. The lowest BCUT2D eigenvalue weighted by molar-refractivity contribution is -0.0501. The van der Waals surface area contributed by atoms with Crippen molar-refractivity contribution in [3.8, 4) is 0 Å². The van der Waals surface area contributed by atoms with Crippen LogP contribution in [0.1, 0.15) is 91.9 Å². The molecule has 3 aliphatic rings. The van der Waals surface area contributed by atoms with Gasteiger partial charge in [0.15, 0.2) is 0 Å². The van der Waals surface area contributed by atoms with Gasteiger partial charge in [-0.05, 0) is 79.4 Å². The third-order valence-corrected chi connectivity index (χ3v) is 8.66. The summed E-state index contributed by atoms with van der Waals surface area (Å²) in [4.78, 5) is 0. The first-order chi connectivity index (χ1) is 11.5. The summed E-state index contributed by atoms with van der Waals surface area (Å²) >= 11 is 0. The van der Waals surface area contributed by atoms with Crippen molar-refractivity contribution >= 4 is 0 Å². The summed E-state index contributed by atoms with van der Waals surface area (Å²) in [5.74, 6) is 3.94. The van der Waals surface area contributed by atoms with Gasteiger partial charge in [0.2, 0.25) is 0 Å². The van der Waals surface area contributed by atoms with Gasteiger partial charge in [0.05, 0.1) is 0 Å². The first kappa shape index (κ1) is 18.3. The zero-order valence-corrected chi connectivity index (χ0v) is 16.7. The fourth-order valence-electron chi connectivity index (χ4n) is 7.54. The van der Waals surface area contributed by atoms with Crippen molar-refractivity contribution in [2.24, 2.45) is 34.5 Å². The van der Waals surface area contributed by atoms with Crippen molar-refractivity contribution in [3.05, 3.63) is 24.3 Å².